The Hall–Kier alpha value is -2.19. The molecule has 0 unspecified atom stereocenters. The zero-order valence-electron chi connectivity index (χ0n) is 11.1. The molecule has 0 aliphatic carbocycles. The molecule has 0 radical (unpaired) electrons. The predicted octanol–water partition coefficient (Wildman–Crippen LogP) is 1.34. The number of carboxylic acids is 1. The Morgan fingerprint density at radius 3 is 2.67 bits per heavy atom. The van der Waals surface area contributed by atoms with Gasteiger partial charge in [-0.15, -0.1) is 0 Å². The summed E-state index contributed by atoms with van der Waals surface area (Å²) in [5, 5.41) is 8.81. The first-order chi connectivity index (χ1) is 9.79. The normalized spacial score (nSPS) is 11.5. The zero-order chi connectivity index (χ0) is 15.6. The third kappa shape index (κ3) is 3.47. The van der Waals surface area contributed by atoms with Crippen LogP contribution in [-0.4, -0.2) is 24.1 Å². The topological polar surface area (TPSA) is 88.4 Å². The highest BCUT2D eigenvalue weighted by atomic mass is 32.2. The van der Waals surface area contributed by atoms with E-state index in [9.17, 15) is 17.6 Å². The highest BCUT2D eigenvalue weighted by molar-refractivity contribution is 7.89. The summed E-state index contributed by atoms with van der Waals surface area (Å²) in [6, 6.07) is 4.39. The van der Waals surface area contributed by atoms with Crippen molar-refractivity contribution < 1.29 is 22.7 Å². The Bertz CT molecular complexity index is 783. The van der Waals surface area contributed by atoms with Gasteiger partial charge in [-0.1, -0.05) is 0 Å². The summed E-state index contributed by atoms with van der Waals surface area (Å²) in [4.78, 5) is 10.5. The number of aromatic carboxylic acids is 1. The van der Waals surface area contributed by atoms with Crippen LogP contribution in [0.3, 0.4) is 0 Å². The number of sulfonamides is 1. The van der Waals surface area contributed by atoms with Crippen LogP contribution in [-0.2, 0) is 23.6 Å². The van der Waals surface area contributed by atoms with Gasteiger partial charge in [0.25, 0.3) is 0 Å². The third-order valence-electron chi connectivity index (χ3n) is 2.84. The van der Waals surface area contributed by atoms with E-state index in [4.69, 9.17) is 5.11 Å². The lowest BCUT2D eigenvalue weighted by atomic mass is 10.2. The monoisotopic (exact) mass is 312 g/mol. The minimum Gasteiger partial charge on any atom is -0.478 e. The van der Waals surface area contributed by atoms with Gasteiger partial charge in [-0.3, -0.25) is 0 Å². The number of hydrogen-bond donors (Lipinski definition) is 2. The lowest BCUT2D eigenvalue weighted by molar-refractivity contribution is 0.0691. The maximum Gasteiger partial charge on any atom is 0.338 e. The molecule has 0 saturated carbocycles. The first-order valence-electron chi connectivity index (χ1n) is 5.93. The van der Waals surface area contributed by atoms with Crippen LogP contribution in [0.5, 0.6) is 0 Å². The van der Waals surface area contributed by atoms with Crippen LogP contribution in [0.1, 0.15) is 15.9 Å². The molecule has 2 rings (SSSR count). The Morgan fingerprint density at radius 1 is 1.38 bits per heavy atom. The van der Waals surface area contributed by atoms with Crippen LogP contribution >= 0.6 is 0 Å². The molecule has 0 saturated heterocycles. The van der Waals surface area contributed by atoms with Gasteiger partial charge in [0.15, 0.2) is 0 Å². The van der Waals surface area contributed by atoms with Crippen molar-refractivity contribution in [3.63, 3.8) is 0 Å². The van der Waals surface area contributed by atoms with Crippen molar-refractivity contribution in [1.29, 1.82) is 0 Å². The summed E-state index contributed by atoms with van der Waals surface area (Å²) in [5.74, 6) is -2.50. The fourth-order valence-electron chi connectivity index (χ4n) is 1.76. The second-order valence-corrected chi connectivity index (χ2v) is 6.22. The number of benzene rings is 1. The fourth-order valence-corrected chi connectivity index (χ4v) is 2.81. The first-order valence-corrected chi connectivity index (χ1v) is 7.41. The van der Waals surface area contributed by atoms with E-state index < -0.39 is 27.4 Å². The van der Waals surface area contributed by atoms with Crippen LogP contribution in [0.25, 0.3) is 0 Å². The lowest BCUT2D eigenvalue weighted by Gasteiger charge is -2.07. The second kappa shape index (κ2) is 5.66. The molecule has 8 heteroatoms. The molecule has 0 amide bonds. The van der Waals surface area contributed by atoms with Gasteiger partial charge in [-0.25, -0.2) is 22.3 Å². The highest BCUT2D eigenvalue weighted by Gasteiger charge is 2.19. The van der Waals surface area contributed by atoms with E-state index in [2.05, 4.69) is 4.72 Å². The molecule has 2 N–H and O–H groups in total. The maximum absolute atomic E-state index is 13.3. The standard InChI is InChI=1S/C13H13FN2O4S/c1-16-5-4-9(8-16)7-15-21(19,20)10-2-3-12(14)11(6-10)13(17)18/h2-6,8,15H,7H2,1H3,(H,17,18). The average Bonchev–Trinajstić information content (AvgIpc) is 2.82. The van der Waals surface area contributed by atoms with Crippen molar-refractivity contribution in [2.45, 2.75) is 11.4 Å². The highest BCUT2D eigenvalue weighted by Crippen LogP contribution is 2.15. The van der Waals surface area contributed by atoms with Crippen molar-refractivity contribution >= 4 is 16.0 Å². The molecule has 0 spiro atoms. The van der Waals surface area contributed by atoms with Gasteiger partial charge in [-0.05, 0) is 29.8 Å². The Labute approximate surface area is 120 Å². The van der Waals surface area contributed by atoms with E-state index in [1.54, 1.807) is 30.1 Å². The molecule has 0 fully saturated rings. The molecule has 0 bridgehead atoms. The van der Waals surface area contributed by atoms with Crippen molar-refractivity contribution in [3.8, 4) is 0 Å². The minimum absolute atomic E-state index is 0.0585. The number of carbonyl (C=O) groups is 1. The van der Waals surface area contributed by atoms with E-state index in [0.29, 0.717) is 0 Å². The smallest absolute Gasteiger partial charge is 0.338 e. The molecule has 0 atom stereocenters. The summed E-state index contributed by atoms with van der Waals surface area (Å²) in [6.45, 7) is 0.0585. The van der Waals surface area contributed by atoms with Crippen LogP contribution in [0, 0.1) is 5.82 Å². The molecular weight excluding hydrogens is 299 g/mol. The van der Waals surface area contributed by atoms with E-state index in [1.165, 1.54) is 0 Å². The second-order valence-electron chi connectivity index (χ2n) is 4.46. The number of nitrogens with zero attached hydrogens (tertiary/aromatic N) is 1. The van der Waals surface area contributed by atoms with Crippen molar-refractivity contribution in [3.05, 3.63) is 53.6 Å². The number of carboxylic acid groups (broad SMARTS) is 1. The summed E-state index contributed by atoms with van der Waals surface area (Å²) in [7, 11) is -2.11. The Balaban J connectivity index is 2.23. The average molecular weight is 312 g/mol. The number of nitrogens with one attached hydrogen (secondary N) is 1. The van der Waals surface area contributed by atoms with E-state index in [0.717, 1.165) is 23.8 Å². The molecule has 0 aliphatic heterocycles. The van der Waals surface area contributed by atoms with Gasteiger partial charge in [-0.2, -0.15) is 0 Å². The number of aromatic nitrogens is 1. The number of halogens is 1. The largest absolute Gasteiger partial charge is 0.478 e. The molecule has 2 aromatic rings. The van der Waals surface area contributed by atoms with E-state index in [-0.39, 0.29) is 11.4 Å². The van der Waals surface area contributed by atoms with Gasteiger partial charge in [0.2, 0.25) is 10.0 Å². The SMILES string of the molecule is Cn1ccc(CNS(=O)(=O)c2ccc(F)c(C(=O)O)c2)c1. The molecule has 1 aromatic heterocycles. The number of aryl methyl sites for hydroxylation is 1. The zero-order valence-corrected chi connectivity index (χ0v) is 11.9. The molecule has 0 aliphatic rings. The van der Waals surface area contributed by atoms with Gasteiger partial charge >= 0.3 is 5.97 Å². The Kier molecular flexibility index (Phi) is 4.10. The lowest BCUT2D eigenvalue weighted by Crippen LogP contribution is -2.23. The van der Waals surface area contributed by atoms with E-state index >= 15 is 0 Å². The predicted molar refractivity (Wildman–Crippen MR) is 72.8 cm³/mol. The van der Waals surface area contributed by atoms with Crippen molar-refractivity contribution in [2.75, 3.05) is 0 Å². The molecule has 6 nitrogen and oxygen atoms in total. The summed E-state index contributed by atoms with van der Waals surface area (Å²) >= 11 is 0. The fraction of sp³-hybridized carbons (Fsp3) is 0.154. The summed E-state index contributed by atoms with van der Waals surface area (Å²) < 4.78 is 41.5. The first kappa shape index (κ1) is 15.2. The van der Waals surface area contributed by atoms with Gasteiger partial charge in [0.1, 0.15) is 5.82 Å². The van der Waals surface area contributed by atoms with Gasteiger partial charge in [0, 0.05) is 26.0 Å². The van der Waals surface area contributed by atoms with Crippen LogP contribution < -0.4 is 4.72 Å². The number of hydrogen-bond acceptors (Lipinski definition) is 3. The van der Waals surface area contributed by atoms with Gasteiger partial charge < -0.3 is 9.67 Å². The van der Waals surface area contributed by atoms with Crippen LogP contribution in [0.15, 0.2) is 41.6 Å². The van der Waals surface area contributed by atoms with Crippen LogP contribution in [0.2, 0.25) is 0 Å². The molecular formula is C13H13FN2O4S. The van der Waals surface area contributed by atoms with Crippen molar-refractivity contribution in [1.82, 2.24) is 9.29 Å². The molecule has 1 aromatic carbocycles. The molecule has 1 heterocycles. The van der Waals surface area contributed by atoms with Gasteiger partial charge in [0.05, 0.1) is 10.5 Å². The molecule has 112 valence electrons. The quantitative estimate of drug-likeness (QED) is 0.872. The minimum atomic E-state index is -3.91. The van der Waals surface area contributed by atoms with E-state index in [1.807, 2.05) is 0 Å². The third-order valence-corrected chi connectivity index (χ3v) is 4.24. The summed E-state index contributed by atoms with van der Waals surface area (Å²) in [6.07, 6.45) is 3.51. The summed E-state index contributed by atoms with van der Waals surface area (Å²) in [5.41, 5.74) is 0.0687. The Morgan fingerprint density at radius 2 is 2.10 bits per heavy atom. The molecule has 21 heavy (non-hydrogen) atoms. The van der Waals surface area contributed by atoms with Crippen LogP contribution in [0.4, 0.5) is 4.39 Å². The number of rotatable bonds is 5. The maximum atomic E-state index is 13.3. The van der Waals surface area contributed by atoms with Crippen molar-refractivity contribution in [2.24, 2.45) is 7.05 Å².